The summed E-state index contributed by atoms with van der Waals surface area (Å²) >= 11 is 5.89. The SMILES string of the molecule is COc1ccc(S(=O)(=O)N(CC(=O)NCCCc2ccc(Cl)cc2)c2ccccc2)cc1. The van der Waals surface area contributed by atoms with Crippen molar-refractivity contribution >= 4 is 33.2 Å². The van der Waals surface area contributed by atoms with Crippen molar-refractivity contribution < 1.29 is 17.9 Å². The molecular weight excluding hydrogens is 448 g/mol. The first-order valence-corrected chi connectivity index (χ1v) is 11.9. The normalized spacial score (nSPS) is 11.1. The highest BCUT2D eigenvalue weighted by Crippen LogP contribution is 2.24. The molecule has 0 unspecified atom stereocenters. The molecule has 0 aliphatic rings. The number of para-hydroxylation sites is 1. The zero-order valence-corrected chi connectivity index (χ0v) is 19.3. The molecule has 3 aromatic carbocycles. The quantitative estimate of drug-likeness (QED) is 0.446. The third-order valence-electron chi connectivity index (χ3n) is 4.86. The molecule has 0 atom stereocenters. The molecule has 0 heterocycles. The number of sulfonamides is 1. The number of nitrogens with zero attached hydrogens (tertiary/aromatic N) is 1. The third kappa shape index (κ3) is 6.24. The van der Waals surface area contributed by atoms with Crippen LogP contribution in [0.3, 0.4) is 0 Å². The van der Waals surface area contributed by atoms with E-state index >= 15 is 0 Å². The van der Waals surface area contributed by atoms with Gasteiger partial charge in [0.1, 0.15) is 12.3 Å². The number of aryl methyl sites for hydroxylation is 1. The van der Waals surface area contributed by atoms with E-state index in [0.717, 1.165) is 22.7 Å². The van der Waals surface area contributed by atoms with Crippen molar-refractivity contribution in [1.29, 1.82) is 0 Å². The van der Waals surface area contributed by atoms with Crippen LogP contribution in [0.2, 0.25) is 5.02 Å². The second kappa shape index (κ2) is 11.0. The monoisotopic (exact) mass is 472 g/mol. The lowest BCUT2D eigenvalue weighted by Crippen LogP contribution is -2.41. The van der Waals surface area contributed by atoms with Crippen LogP contribution in [0.4, 0.5) is 5.69 Å². The van der Waals surface area contributed by atoms with Crippen LogP contribution in [-0.2, 0) is 21.2 Å². The molecule has 1 amide bonds. The molecule has 168 valence electrons. The molecule has 0 bridgehead atoms. The lowest BCUT2D eigenvalue weighted by atomic mass is 10.1. The molecule has 8 heteroatoms. The van der Waals surface area contributed by atoms with Gasteiger partial charge in [0.25, 0.3) is 10.0 Å². The summed E-state index contributed by atoms with van der Waals surface area (Å²) in [5.41, 5.74) is 1.54. The summed E-state index contributed by atoms with van der Waals surface area (Å²) in [6.07, 6.45) is 1.51. The predicted octanol–water partition coefficient (Wildman–Crippen LogP) is 4.29. The van der Waals surface area contributed by atoms with E-state index in [9.17, 15) is 13.2 Å². The largest absolute Gasteiger partial charge is 0.497 e. The Kier molecular flexibility index (Phi) is 8.14. The number of carbonyl (C=O) groups is 1. The number of carbonyl (C=O) groups excluding carboxylic acids is 1. The standard InChI is InChI=1S/C24H25ClN2O4S/c1-31-22-13-15-23(16-14-22)32(29,30)27(21-7-3-2-4-8-21)18-24(28)26-17-5-6-19-9-11-20(25)12-10-19/h2-4,7-16H,5-6,17-18H2,1H3,(H,26,28). The number of nitrogens with one attached hydrogen (secondary N) is 1. The lowest BCUT2D eigenvalue weighted by Gasteiger charge is -2.24. The van der Waals surface area contributed by atoms with Gasteiger partial charge in [0.15, 0.2) is 0 Å². The van der Waals surface area contributed by atoms with Crippen LogP contribution >= 0.6 is 11.6 Å². The van der Waals surface area contributed by atoms with E-state index in [1.807, 2.05) is 24.3 Å². The maximum Gasteiger partial charge on any atom is 0.264 e. The van der Waals surface area contributed by atoms with Crippen molar-refractivity contribution in [3.8, 4) is 5.75 Å². The summed E-state index contributed by atoms with van der Waals surface area (Å²) in [6.45, 7) is 0.117. The Labute approximate surface area is 193 Å². The van der Waals surface area contributed by atoms with Crippen LogP contribution in [0.5, 0.6) is 5.75 Å². The third-order valence-corrected chi connectivity index (χ3v) is 6.90. The van der Waals surface area contributed by atoms with Crippen LogP contribution in [-0.4, -0.2) is 34.5 Å². The highest BCUT2D eigenvalue weighted by Gasteiger charge is 2.27. The van der Waals surface area contributed by atoms with Gasteiger partial charge in [-0.05, 0) is 66.9 Å². The van der Waals surface area contributed by atoms with Gasteiger partial charge in [0.2, 0.25) is 5.91 Å². The fraction of sp³-hybridized carbons (Fsp3) is 0.208. The van der Waals surface area contributed by atoms with Crippen molar-refractivity contribution in [2.45, 2.75) is 17.7 Å². The Morgan fingerprint density at radius 1 is 0.969 bits per heavy atom. The van der Waals surface area contributed by atoms with Gasteiger partial charge in [-0.15, -0.1) is 0 Å². The Hall–Kier alpha value is -3.03. The summed E-state index contributed by atoms with van der Waals surface area (Å²) in [4.78, 5) is 12.7. The first kappa shape index (κ1) is 23.6. The van der Waals surface area contributed by atoms with E-state index < -0.39 is 10.0 Å². The minimum Gasteiger partial charge on any atom is -0.497 e. The number of halogens is 1. The fourth-order valence-electron chi connectivity index (χ4n) is 3.14. The molecule has 1 N–H and O–H groups in total. The molecule has 6 nitrogen and oxygen atoms in total. The van der Waals surface area contributed by atoms with Gasteiger partial charge in [-0.1, -0.05) is 41.9 Å². The molecule has 0 fully saturated rings. The predicted molar refractivity (Wildman–Crippen MR) is 127 cm³/mol. The van der Waals surface area contributed by atoms with E-state index in [1.54, 1.807) is 42.5 Å². The smallest absolute Gasteiger partial charge is 0.264 e. The topological polar surface area (TPSA) is 75.7 Å². The molecule has 3 rings (SSSR count). The maximum atomic E-state index is 13.3. The summed E-state index contributed by atoms with van der Waals surface area (Å²) < 4.78 is 32.8. The Morgan fingerprint density at radius 3 is 2.25 bits per heavy atom. The number of ether oxygens (including phenoxy) is 1. The number of rotatable bonds is 10. The molecule has 0 aromatic heterocycles. The minimum atomic E-state index is -3.95. The number of hydrogen-bond donors (Lipinski definition) is 1. The Bertz CT molecular complexity index is 1120. The van der Waals surface area contributed by atoms with Gasteiger partial charge in [-0.25, -0.2) is 8.42 Å². The maximum absolute atomic E-state index is 13.3. The molecule has 3 aromatic rings. The average molecular weight is 473 g/mol. The van der Waals surface area contributed by atoms with Gasteiger partial charge < -0.3 is 10.1 Å². The highest BCUT2D eigenvalue weighted by molar-refractivity contribution is 7.92. The van der Waals surface area contributed by atoms with E-state index in [0.29, 0.717) is 23.0 Å². The van der Waals surface area contributed by atoms with Crippen molar-refractivity contribution in [2.24, 2.45) is 0 Å². The minimum absolute atomic E-state index is 0.0812. The number of benzene rings is 3. The summed E-state index contributed by atoms with van der Waals surface area (Å²) in [7, 11) is -2.44. The number of hydrogen-bond acceptors (Lipinski definition) is 4. The van der Waals surface area contributed by atoms with Crippen LogP contribution in [0, 0.1) is 0 Å². The summed E-state index contributed by atoms with van der Waals surface area (Å²) in [5.74, 6) is 0.177. The molecule has 0 saturated carbocycles. The molecule has 0 radical (unpaired) electrons. The van der Waals surface area contributed by atoms with Crippen molar-refractivity contribution in [3.05, 3.63) is 89.4 Å². The Balaban J connectivity index is 1.67. The number of anilines is 1. The first-order valence-electron chi connectivity index (χ1n) is 10.1. The zero-order chi connectivity index (χ0) is 23.0. The fourth-order valence-corrected chi connectivity index (χ4v) is 4.69. The second-order valence-electron chi connectivity index (χ2n) is 7.10. The van der Waals surface area contributed by atoms with Crippen LogP contribution in [0.25, 0.3) is 0 Å². The average Bonchev–Trinajstić information content (AvgIpc) is 2.82. The molecule has 0 saturated heterocycles. The van der Waals surface area contributed by atoms with Gasteiger partial charge in [0.05, 0.1) is 17.7 Å². The zero-order valence-electron chi connectivity index (χ0n) is 17.7. The van der Waals surface area contributed by atoms with E-state index in [-0.39, 0.29) is 17.3 Å². The summed E-state index contributed by atoms with van der Waals surface area (Å²) in [5, 5.41) is 3.50. The molecule has 0 aliphatic heterocycles. The molecule has 0 spiro atoms. The van der Waals surface area contributed by atoms with E-state index in [2.05, 4.69) is 5.32 Å². The molecule has 32 heavy (non-hydrogen) atoms. The number of amides is 1. The van der Waals surface area contributed by atoms with Gasteiger partial charge in [-0.2, -0.15) is 0 Å². The van der Waals surface area contributed by atoms with Gasteiger partial charge in [0, 0.05) is 11.6 Å². The van der Waals surface area contributed by atoms with E-state index in [4.69, 9.17) is 16.3 Å². The summed E-state index contributed by atoms with van der Waals surface area (Å²) in [6, 6.07) is 22.2. The van der Waals surface area contributed by atoms with Crippen LogP contribution < -0.4 is 14.4 Å². The van der Waals surface area contributed by atoms with Gasteiger partial charge in [-0.3, -0.25) is 9.10 Å². The van der Waals surface area contributed by atoms with Gasteiger partial charge >= 0.3 is 0 Å². The van der Waals surface area contributed by atoms with Crippen molar-refractivity contribution in [1.82, 2.24) is 5.32 Å². The van der Waals surface area contributed by atoms with Crippen molar-refractivity contribution in [2.75, 3.05) is 24.5 Å². The molecule has 0 aliphatic carbocycles. The van der Waals surface area contributed by atoms with E-state index in [1.165, 1.54) is 19.2 Å². The lowest BCUT2D eigenvalue weighted by molar-refractivity contribution is -0.119. The second-order valence-corrected chi connectivity index (χ2v) is 9.40. The molecular formula is C24H25ClN2O4S. The highest BCUT2D eigenvalue weighted by atomic mass is 35.5. The number of methoxy groups -OCH3 is 1. The van der Waals surface area contributed by atoms with Crippen LogP contribution in [0.15, 0.2) is 83.8 Å². The first-order chi connectivity index (χ1) is 15.4. The van der Waals surface area contributed by atoms with Crippen molar-refractivity contribution in [3.63, 3.8) is 0 Å². The van der Waals surface area contributed by atoms with Crippen LogP contribution in [0.1, 0.15) is 12.0 Å². The Morgan fingerprint density at radius 2 is 1.62 bits per heavy atom.